The Labute approximate surface area is 138 Å². The number of carbonyl (C=O) groups excluding carboxylic acids is 1. The van der Waals surface area contributed by atoms with E-state index in [-0.39, 0.29) is 5.91 Å². The van der Waals surface area contributed by atoms with Gasteiger partial charge in [0.2, 0.25) is 0 Å². The lowest BCUT2D eigenvalue weighted by Crippen LogP contribution is -2.28. The lowest BCUT2D eigenvalue weighted by atomic mass is 10.4. The van der Waals surface area contributed by atoms with Gasteiger partial charge in [-0.2, -0.15) is 0 Å². The van der Waals surface area contributed by atoms with Gasteiger partial charge in [-0.05, 0) is 36.4 Å². The third-order valence-electron chi connectivity index (χ3n) is 3.08. The molecule has 24 heavy (non-hydrogen) atoms. The number of carbonyl (C=O) groups is 1. The average molecular weight is 324 g/mol. The van der Waals surface area contributed by atoms with E-state index in [1.165, 1.54) is 6.26 Å². The van der Waals surface area contributed by atoms with E-state index in [2.05, 4.69) is 31.1 Å². The summed E-state index contributed by atoms with van der Waals surface area (Å²) in [4.78, 5) is 15.6. The van der Waals surface area contributed by atoms with Gasteiger partial charge in [-0.3, -0.25) is 9.78 Å². The van der Waals surface area contributed by atoms with Gasteiger partial charge in [0, 0.05) is 31.2 Å². The molecule has 0 unspecified atom stereocenters. The Morgan fingerprint density at radius 1 is 1.00 bits per heavy atom. The van der Waals surface area contributed by atoms with Crippen LogP contribution in [0.2, 0.25) is 0 Å². The Morgan fingerprint density at radius 2 is 1.79 bits per heavy atom. The molecule has 0 bridgehead atoms. The Kier molecular flexibility index (Phi) is 4.98. The number of furan rings is 1. The molecule has 0 saturated carbocycles. The smallest absolute Gasteiger partial charge is 0.287 e. The van der Waals surface area contributed by atoms with E-state index in [9.17, 15) is 4.79 Å². The molecule has 0 aliphatic carbocycles. The lowest BCUT2D eigenvalue weighted by molar-refractivity contribution is 0.0927. The van der Waals surface area contributed by atoms with Crippen molar-refractivity contribution in [1.82, 2.24) is 20.5 Å². The highest BCUT2D eigenvalue weighted by Crippen LogP contribution is 2.13. The number of hydrogen-bond acceptors (Lipinski definition) is 7. The third kappa shape index (κ3) is 4.29. The topological polar surface area (TPSA) is 105 Å². The van der Waals surface area contributed by atoms with Crippen LogP contribution in [0.4, 0.5) is 17.3 Å². The van der Waals surface area contributed by atoms with Crippen LogP contribution >= 0.6 is 0 Å². The minimum absolute atomic E-state index is 0.246. The van der Waals surface area contributed by atoms with Crippen molar-refractivity contribution in [2.45, 2.75) is 0 Å². The largest absolute Gasteiger partial charge is 0.459 e. The number of nitrogens with zero attached hydrogens (tertiary/aromatic N) is 3. The molecule has 0 aromatic carbocycles. The molecule has 8 nitrogen and oxygen atoms in total. The predicted octanol–water partition coefficient (Wildman–Crippen LogP) is 2.05. The minimum atomic E-state index is -0.246. The minimum Gasteiger partial charge on any atom is -0.459 e. The molecule has 0 atom stereocenters. The molecule has 3 rings (SSSR count). The molecule has 0 aliphatic rings. The van der Waals surface area contributed by atoms with E-state index in [4.69, 9.17) is 4.42 Å². The number of nitrogens with one attached hydrogen (secondary N) is 3. The summed E-state index contributed by atoms with van der Waals surface area (Å²) in [5.41, 5.74) is 0.889. The van der Waals surface area contributed by atoms with Crippen molar-refractivity contribution in [2.75, 3.05) is 23.7 Å². The highest BCUT2D eigenvalue weighted by molar-refractivity contribution is 5.91. The molecule has 1 amide bonds. The van der Waals surface area contributed by atoms with Crippen molar-refractivity contribution in [3.8, 4) is 0 Å². The molecular formula is C16H16N6O2. The van der Waals surface area contributed by atoms with Crippen molar-refractivity contribution < 1.29 is 9.21 Å². The standard InChI is InChI=1S/C16H16N6O2/c23-16(13-2-1-11-24-13)19-10-9-18-14-3-4-15(22-21-14)20-12-5-7-17-8-6-12/h1-8,11H,9-10H2,(H,18,21)(H,19,23)(H,17,20,22). The second-order valence-electron chi connectivity index (χ2n) is 4.82. The van der Waals surface area contributed by atoms with E-state index in [1.54, 1.807) is 24.5 Å². The summed E-state index contributed by atoms with van der Waals surface area (Å²) in [5.74, 6) is 1.31. The zero-order chi connectivity index (χ0) is 16.6. The summed E-state index contributed by atoms with van der Waals surface area (Å²) >= 11 is 0. The molecule has 0 spiro atoms. The fourth-order valence-corrected chi connectivity index (χ4v) is 1.94. The van der Waals surface area contributed by atoms with E-state index < -0.39 is 0 Å². The highest BCUT2D eigenvalue weighted by atomic mass is 16.3. The molecular weight excluding hydrogens is 308 g/mol. The molecule has 0 saturated heterocycles. The maximum Gasteiger partial charge on any atom is 0.287 e. The fourth-order valence-electron chi connectivity index (χ4n) is 1.94. The van der Waals surface area contributed by atoms with E-state index in [0.29, 0.717) is 30.5 Å². The molecule has 0 fully saturated rings. The van der Waals surface area contributed by atoms with Crippen molar-refractivity contribution >= 4 is 23.2 Å². The summed E-state index contributed by atoms with van der Waals surface area (Å²) < 4.78 is 5.01. The molecule has 0 radical (unpaired) electrons. The highest BCUT2D eigenvalue weighted by Gasteiger charge is 2.06. The average Bonchev–Trinajstić information content (AvgIpc) is 3.16. The summed E-state index contributed by atoms with van der Waals surface area (Å²) in [7, 11) is 0. The van der Waals surface area contributed by atoms with Gasteiger partial charge in [-0.1, -0.05) is 0 Å². The molecule has 3 aromatic rings. The van der Waals surface area contributed by atoms with E-state index >= 15 is 0 Å². The molecule has 3 aromatic heterocycles. The van der Waals surface area contributed by atoms with Gasteiger partial charge in [0.1, 0.15) is 5.82 Å². The van der Waals surface area contributed by atoms with E-state index in [0.717, 1.165) is 5.69 Å². The fraction of sp³-hybridized carbons (Fsp3) is 0.125. The molecule has 122 valence electrons. The van der Waals surface area contributed by atoms with Crippen LogP contribution in [0, 0.1) is 0 Å². The monoisotopic (exact) mass is 324 g/mol. The number of rotatable bonds is 7. The maximum atomic E-state index is 11.7. The van der Waals surface area contributed by atoms with Crippen LogP contribution in [0.3, 0.4) is 0 Å². The van der Waals surface area contributed by atoms with Crippen LogP contribution in [-0.4, -0.2) is 34.2 Å². The quantitative estimate of drug-likeness (QED) is 0.571. The first-order valence-corrected chi connectivity index (χ1v) is 7.37. The summed E-state index contributed by atoms with van der Waals surface area (Å²) in [6.45, 7) is 0.969. The number of aromatic nitrogens is 3. The van der Waals surface area contributed by atoms with Crippen molar-refractivity contribution in [3.63, 3.8) is 0 Å². The zero-order valence-corrected chi connectivity index (χ0v) is 12.8. The second kappa shape index (κ2) is 7.73. The molecule has 8 heteroatoms. The van der Waals surface area contributed by atoms with Gasteiger partial charge < -0.3 is 20.4 Å². The first kappa shape index (κ1) is 15.5. The van der Waals surface area contributed by atoms with Gasteiger partial charge in [0.15, 0.2) is 11.6 Å². The Morgan fingerprint density at radius 3 is 2.50 bits per heavy atom. The summed E-state index contributed by atoms with van der Waals surface area (Å²) in [5, 5.41) is 17.1. The van der Waals surface area contributed by atoms with Crippen molar-refractivity contribution in [1.29, 1.82) is 0 Å². The molecule has 3 heterocycles. The first-order chi connectivity index (χ1) is 11.8. The van der Waals surface area contributed by atoms with Crippen LogP contribution in [0.1, 0.15) is 10.6 Å². The van der Waals surface area contributed by atoms with Gasteiger partial charge in [-0.25, -0.2) is 0 Å². The number of amides is 1. The number of pyridine rings is 1. The lowest BCUT2D eigenvalue weighted by Gasteiger charge is -2.07. The third-order valence-corrected chi connectivity index (χ3v) is 3.08. The SMILES string of the molecule is O=C(NCCNc1ccc(Nc2ccncc2)nn1)c1ccco1. The second-order valence-corrected chi connectivity index (χ2v) is 4.82. The van der Waals surface area contributed by atoms with Crippen LogP contribution in [-0.2, 0) is 0 Å². The van der Waals surface area contributed by atoms with Crippen molar-refractivity contribution in [3.05, 3.63) is 60.8 Å². The van der Waals surface area contributed by atoms with Gasteiger partial charge in [0.25, 0.3) is 5.91 Å². The Balaban J connectivity index is 1.42. The number of hydrogen-bond donors (Lipinski definition) is 3. The summed E-state index contributed by atoms with van der Waals surface area (Å²) in [6.07, 6.45) is 4.86. The molecule has 3 N–H and O–H groups in total. The van der Waals surface area contributed by atoms with Crippen LogP contribution in [0.5, 0.6) is 0 Å². The predicted molar refractivity (Wildman–Crippen MR) is 89.1 cm³/mol. The van der Waals surface area contributed by atoms with Crippen LogP contribution < -0.4 is 16.0 Å². The normalized spacial score (nSPS) is 10.2. The van der Waals surface area contributed by atoms with Gasteiger partial charge in [-0.15, -0.1) is 10.2 Å². The summed E-state index contributed by atoms with van der Waals surface area (Å²) in [6, 6.07) is 10.6. The zero-order valence-electron chi connectivity index (χ0n) is 12.8. The van der Waals surface area contributed by atoms with Crippen LogP contribution in [0.15, 0.2) is 59.5 Å². The Bertz CT molecular complexity index is 759. The van der Waals surface area contributed by atoms with Crippen LogP contribution in [0.25, 0.3) is 0 Å². The van der Waals surface area contributed by atoms with E-state index in [1.807, 2.05) is 24.3 Å². The van der Waals surface area contributed by atoms with Gasteiger partial charge in [0.05, 0.1) is 6.26 Å². The Hall–Kier alpha value is -3.42. The maximum absolute atomic E-state index is 11.7. The first-order valence-electron chi connectivity index (χ1n) is 7.37. The van der Waals surface area contributed by atoms with Gasteiger partial charge >= 0.3 is 0 Å². The number of anilines is 3. The van der Waals surface area contributed by atoms with Crippen molar-refractivity contribution in [2.24, 2.45) is 0 Å². The molecule has 0 aliphatic heterocycles.